The van der Waals surface area contributed by atoms with Crippen molar-refractivity contribution in [2.45, 2.75) is 245 Å². The number of hydrogen-bond donors (Lipinski definition) is 4. The Morgan fingerprint density at radius 1 is 0.471 bits per heavy atom. The smallest absolute Gasteiger partial charge is 0.395 e. The van der Waals surface area contributed by atoms with Crippen LogP contribution >= 0.6 is 0 Å². The summed E-state index contributed by atoms with van der Waals surface area (Å²) in [5.41, 5.74) is 4.82. The third-order valence-electron chi connectivity index (χ3n) is 16.3. The van der Waals surface area contributed by atoms with Crippen LogP contribution < -0.4 is 26.3 Å². The second kappa shape index (κ2) is 28.7. The zero-order valence-corrected chi connectivity index (χ0v) is 44.5. The third kappa shape index (κ3) is 14.1. The molecule has 2 aliphatic heterocycles. The zero-order chi connectivity index (χ0) is 48.9. The number of allylic oxidation sites excluding steroid dienone is 2. The van der Waals surface area contributed by atoms with Gasteiger partial charge in [-0.3, -0.25) is 4.79 Å². The first kappa shape index (κ1) is 53.6. The van der Waals surface area contributed by atoms with Crippen molar-refractivity contribution >= 4 is 69.5 Å². The predicted molar refractivity (Wildman–Crippen MR) is 307 cm³/mol. The maximum absolute atomic E-state index is 14.9. The monoisotopic (exact) mass is 947 g/mol. The van der Waals surface area contributed by atoms with Gasteiger partial charge in [-0.25, -0.2) is 0 Å². The van der Waals surface area contributed by atoms with Crippen LogP contribution in [0.4, 0.5) is 17.1 Å². The summed E-state index contributed by atoms with van der Waals surface area (Å²) in [4.78, 5) is 20.5. The minimum absolute atomic E-state index is 0.0440. The van der Waals surface area contributed by atoms with Crippen LogP contribution in [-0.2, 0) is 4.79 Å². The highest BCUT2D eigenvalue weighted by Gasteiger charge is 2.40. The summed E-state index contributed by atoms with van der Waals surface area (Å²) in [6.45, 7) is 9.14. The molecule has 1 aliphatic carbocycles. The molecule has 0 radical (unpaired) electrons. The van der Waals surface area contributed by atoms with Gasteiger partial charge in [-0.2, -0.15) is 0 Å². The number of nitrogens with zero attached hydrogens (tertiary/aromatic N) is 1. The summed E-state index contributed by atoms with van der Waals surface area (Å²) in [7, 11) is 0. The lowest BCUT2D eigenvalue weighted by Gasteiger charge is -2.34. The summed E-state index contributed by atoms with van der Waals surface area (Å²) >= 11 is 0. The van der Waals surface area contributed by atoms with Crippen LogP contribution in [0.3, 0.4) is 0 Å². The summed E-state index contributed by atoms with van der Waals surface area (Å²) in [5, 5.41) is 30.3. The lowest BCUT2D eigenvalue weighted by atomic mass is 9.57. The summed E-state index contributed by atoms with van der Waals surface area (Å²) < 4.78 is 0. The number of carbonyl (C=O) groups excluding carboxylic acids is 1. The van der Waals surface area contributed by atoms with Crippen LogP contribution in [0.1, 0.15) is 239 Å². The van der Waals surface area contributed by atoms with Crippen molar-refractivity contribution < 1.29 is 9.90 Å². The number of rotatable bonds is 35. The highest BCUT2D eigenvalue weighted by molar-refractivity contribution is 6.69. The Morgan fingerprint density at radius 3 is 1.41 bits per heavy atom. The summed E-state index contributed by atoms with van der Waals surface area (Å²) in [6.07, 6.45) is 41.2. The van der Waals surface area contributed by atoms with E-state index >= 15 is 0 Å². The molecule has 2 heterocycles. The van der Waals surface area contributed by atoms with Gasteiger partial charge in [0.05, 0.1) is 16.5 Å². The van der Waals surface area contributed by atoms with Crippen molar-refractivity contribution in [3.05, 3.63) is 82.6 Å². The molecule has 4 N–H and O–H groups in total. The van der Waals surface area contributed by atoms with Gasteiger partial charge in [0.2, 0.25) is 5.78 Å². The average molecular weight is 947 g/mol. The van der Waals surface area contributed by atoms with Gasteiger partial charge >= 0.3 is 14.0 Å². The lowest BCUT2D eigenvalue weighted by Crippen LogP contribution is -2.43. The van der Waals surface area contributed by atoms with Gasteiger partial charge in [0.1, 0.15) is 5.76 Å². The maximum Gasteiger partial charge on any atom is 0.395 e. The maximum atomic E-state index is 14.9. The standard InChI is InChI=1S/C62H92B2N4O2/c1-5-9-13-17-21-25-29-37-49(38-30-26-22-18-14-10-6-2)63-65-53-41-33-35-47-43-45-51(59(67-63)55(47)53)57-61(69)58(62(57)70)52-46-44-48-36-34-42-54-56(48)60(52)68-64(66-54)50(39-31-27-23-19-15-11-7-3)40-32-28-24-20-16-12-8-4/h33-36,41-46,49-50,65-67,69H,5-32,37-40H2,1-4H3/b58-52-. The molecule has 0 aromatic heterocycles. The van der Waals surface area contributed by atoms with Crippen molar-refractivity contribution in [2.24, 2.45) is 4.90 Å². The lowest BCUT2D eigenvalue weighted by molar-refractivity contribution is -0.109. The molecule has 3 aliphatic rings. The number of unbranched alkanes of at least 4 members (excludes halogenated alkanes) is 24. The van der Waals surface area contributed by atoms with E-state index in [2.05, 4.69) is 98.0 Å². The molecule has 0 saturated carbocycles. The first-order valence-electron chi connectivity index (χ1n) is 29.5. The second-order valence-electron chi connectivity index (χ2n) is 21.8. The molecule has 0 fully saturated rings. The minimum atomic E-state index is -0.0915. The van der Waals surface area contributed by atoms with E-state index in [4.69, 9.17) is 4.90 Å². The largest absolute Gasteiger partial charge is 0.506 e. The van der Waals surface area contributed by atoms with E-state index in [1.165, 1.54) is 193 Å². The molecule has 0 atom stereocenters. The molecule has 0 bridgehead atoms. The highest BCUT2D eigenvalue weighted by atomic mass is 16.3. The van der Waals surface area contributed by atoms with E-state index in [-0.39, 0.29) is 25.5 Å². The molecular formula is C62H92B2N4O2. The van der Waals surface area contributed by atoms with Gasteiger partial charge in [0.15, 0.2) is 0 Å². The fourth-order valence-electron chi connectivity index (χ4n) is 12.1. The Balaban J connectivity index is 1.18. The van der Waals surface area contributed by atoms with Gasteiger partial charge in [-0.05, 0) is 34.5 Å². The number of nitrogens with one attached hydrogen (secondary N) is 3. The number of hydrogen-bond acceptors (Lipinski definition) is 6. The van der Waals surface area contributed by atoms with Gasteiger partial charge < -0.3 is 25.7 Å². The first-order valence-corrected chi connectivity index (χ1v) is 29.5. The normalized spacial score (nSPS) is 15.0. The fraction of sp³-hybridized carbons (Fsp3) is 0.613. The predicted octanol–water partition coefficient (Wildman–Crippen LogP) is 17.9. The molecule has 7 rings (SSSR count). The molecule has 0 unspecified atom stereocenters. The zero-order valence-electron chi connectivity index (χ0n) is 44.5. The molecule has 4 aromatic carbocycles. The Kier molecular flexibility index (Phi) is 22.0. The van der Waals surface area contributed by atoms with E-state index in [1.54, 1.807) is 0 Å². The SMILES string of the molecule is CCCCCCCCCC(CCCCCCCCC)B1N=c2/c(=C3\C(=O)C(c4ccc5cccc6c5c4NB(C(CCCCCCCCC)CCCCCCCCC)N6)=C3O)ccc3cccc(c23)N1. The summed E-state index contributed by atoms with van der Waals surface area (Å²) in [6, 6.07) is 21.3. The van der Waals surface area contributed by atoms with Crippen LogP contribution in [-0.4, -0.2) is 24.9 Å². The molecule has 0 amide bonds. The van der Waals surface area contributed by atoms with Crippen LogP contribution in [0.25, 0.3) is 32.7 Å². The Morgan fingerprint density at radius 2 is 0.914 bits per heavy atom. The van der Waals surface area contributed by atoms with Crippen LogP contribution in [0.2, 0.25) is 11.6 Å². The van der Waals surface area contributed by atoms with Crippen LogP contribution in [0.5, 0.6) is 0 Å². The average Bonchev–Trinajstić information content (AvgIpc) is 3.37. The van der Waals surface area contributed by atoms with Crippen molar-refractivity contribution in [3.8, 4) is 0 Å². The van der Waals surface area contributed by atoms with Crippen molar-refractivity contribution in [2.75, 3.05) is 15.7 Å². The molecule has 70 heavy (non-hydrogen) atoms. The quantitative estimate of drug-likeness (QED) is 0.0273. The number of anilines is 3. The summed E-state index contributed by atoms with van der Waals surface area (Å²) in [5.74, 6) is 0.857. The van der Waals surface area contributed by atoms with Crippen molar-refractivity contribution in [3.63, 3.8) is 0 Å². The Labute approximate surface area is 425 Å². The number of benzene rings is 4. The number of aliphatic hydroxyl groups is 1. The minimum Gasteiger partial charge on any atom is -0.506 e. The van der Waals surface area contributed by atoms with E-state index < -0.39 is 0 Å². The van der Waals surface area contributed by atoms with E-state index in [0.29, 0.717) is 22.8 Å². The Bertz CT molecular complexity index is 2390. The molecular weight excluding hydrogens is 854 g/mol. The number of Topliss-reactive ketones (excluding diaryl/α,β-unsaturated/α-hetero) is 1. The van der Waals surface area contributed by atoms with Crippen molar-refractivity contribution in [1.82, 2.24) is 0 Å². The van der Waals surface area contributed by atoms with Gasteiger partial charge in [-0.1, -0.05) is 282 Å². The van der Waals surface area contributed by atoms with Gasteiger partial charge in [0, 0.05) is 38.6 Å². The van der Waals surface area contributed by atoms with Gasteiger partial charge in [0.25, 0.3) is 0 Å². The topological polar surface area (TPSA) is 85.8 Å². The molecule has 8 heteroatoms. The van der Waals surface area contributed by atoms with Crippen LogP contribution in [0, 0.1) is 0 Å². The van der Waals surface area contributed by atoms with Crippen molar-refractivity contribution in [1.29, 1.82) is 0 Å². The number of ketones is 1. The first-order chi connectivity index (χ1) is 34.5. The fourth-order valence-corrected chi connectivity index (χ4v) is 12.1. The highest BCUT2D eigenvalue weighted by Crippen LogP contribution is 2.46. The molecule has 6 nitrogen and oxygen atoms in total. The Hall–Kier alpha value is -4.19. The van der Waals surface area contributed by atoms with E-state index in [1.807, 2.05) is 6.07 Å². The molecule has 0 saturated heterocycles. The number of aliphatic hydroxyl groups excluding tert-OH is 1. The second-order valence-corrected chi connectivity index (χ2v) is 21.8. The van der Waals surface area contributed by atoms with E-state index in [9.17, 15) is 9.90 Å². The third-order valence-corrected chi connectivity index (χ3v) is 16.3. The van der Waals surface area contributed by atoms with Crippen LogP contribution in [0.15, 0.2) is 71.3 Å². The molecule has 0 spiro atoms. The van der Waals surface area contributed by atoms with E-state index in [0.717, 1.165) is 67.6 Å². The van der Waals surface area contributed by atoms with Gasteiger partial charge in [-0.15, -0.1) is 0 Å². The molecule has 378 valence electrons. The number of carbonyl (C=O) groups is 1. The molecule has 4 aromatic rings.